The van der Waals surface area contributed by atoms with E-state index in [-0.39, 0.29) is 5.91 Å². The van der Waals surface area contributed by atoms with E-state index in [2.05, 4.69) is 19.7 Å². The Morgan fingerprint density at radius 2 is 2.20 bits per heavy atom. The molecule has 20 heavy (non-hydrogen) atoms. The summed E-state index contributed by atoms with van der Waals surface area (Å²) in [5.41, 5.74) is 2.61. The SMILES string of the molecule is CN(C)[C@@H]1Cc2ccccc2N(C(=O)c2cnsn2)C1. The molecule has 1 aliphatic rings. The van der Waals surface area contributed by atoms with Gasteiger partial charge in [-0.25, -0.2) is 0 Å². The maximum absolute atomic E-state index is 12.6. The molecule has 1 aromatic heterocycles. The molecule has 0 radical (unpaired) electrons. The predicted octanol–water partition coefficient (Wildman–Crippen LogP) is 1.67. The molecule has 6 heteroatoms. The number of anilines is 1. The molecule has 1 amide bonds. The first-order valence-corrected chi connectivity index (χ1v) is 7.23. The summed E-state index contributed by atoms with van der Waals surface area (Å²) in [5, 5.41) is 0. The molecule has 0 saturated carbocycles. The quantitative estimate of drug-likeness (QED) is 0.843. The molecule has 0 fully saturated rings. The monoisotopic (exact) mass is 288 g/mol. The van der Waals surface area contributed by atoms with Gasteiger partial charge in [0.1, 0.15) is 0 Å². The number of amides is 1. The van der Waals surface area contributed by atoms with Crippen LogP contribution in [0.5, 0.6) is 0 Å². The van der Waals surface area contributed by atoms with Gasteiger partial charge in [0.25, 0.3) is 5.91 Å². The van der Waals surface area contributed by atoms with Gasteiger partial charge >= 0.3 is 0 Å². The van der Waals surface area contributed by atoms with Crippen molar-refractivity contribution in [3.8, 4) is 0 Å². The van der Waals surface area contributed by atoms with Crippen LogP contribution in [0.1, 0.15) is 16.1 Å². The van der Waals surface area contributed by atoms with Gasteiger partial charge in [-0.2, -0.15) is 8.75 Å². The Morgan fingerprint density at radius 3 is 2.90 bits per heavy atom. The number of benzene rings is 1. The fourth-order valence-corrected chi connectivity index (χ4v) is 2.92. The minimum Gasteiger partial charge on any atom is -0.305 e. The number of likely N-dealkylation sites (N-methyl/N-ethyl adjacent to an activating group) is 1. The minimum atomic E-state index is -0.0715. The lowest BCUT2D eigenvalue weighted by Crippen LogP contribution is -2.48. The molecule has 0 spiro atoms. The molecule has 0 aliphatic carbocycles. The fraction of sp³-hybridized carbons (Fsp3) is 0.357. The molecule has 2 heterocycles. The van der Waals surface area contributed by atoms with E-state index in [1.54, 1.807) is 0 Å². The lowest BCUT2D eigenvalue weighted by molar-refractivity contribution is 0.0972. The molecule has 0 unspecified atom stereocenters. The normalized spacial score (nSPS) is 18.1. The van der Waals surface area contributed by atoms with Gasteiger partial charge in [-0.05, 0) is 32.1 Å². The molecule has 2 aromatic rings. The van der Waals surface area contributed by atoms with Crippen LogP contribution in [-0.4, -0.2) is 46.2 Å². The maximum Gasteiger partial charge on any atom is 0.279 e. The van der Waals surface area contributed by atoms with Crippen molar-refractivity contribution in [2.75, 3.05) is 25.5 Å². The Balaban J connectivity index is 1.99. The zero-order chi connectivity index (χ0) is 14.1. The van der Waals surface area contributed by atoms with Crippen molar-refractivity contribution in [2.45, 2.75) is 12.5 Å². The number of hydrogen-bond donors (Lipinski definition) is 0. The first-order valence-electron chi connectivity index (χ1n) is 6.50. The third-order valence-corrected chi connectivity index (χ3v) is 4.17. The van der Waals surface area contributed by atoms with Crippen LogP contribution >= 0.6 is 11.7 Å². The van der Waals surface area contributed by atoms with Crippen LogP contribution in [-0.2, 0) is 6.42 Å². The number of carbonyl (C=O) groups excluding carboxylic acids is 1. The fourth-order valence-electron chi connectivity index (χ4n) is 2.51. The highest BCUT2D eigenvalue weighted by molar-refractivity contribution is 6.99. The van der Waals surface area contributed by atoms with Crippen molar-refractivity contribution in [1.29, 1.82) is 0 Å². The third kappa shape index (κ3) is 2.32. The van der Waals surface area contributed by atoms with Gasteiger partial charge < -0.3 is 9.80 Å². The lowest BCUT2D eigenvalue weighted by atomic mass is 9.97. The van der Waals surface area contributed by atoms with E-state index in [0.29, 0.717) is 18.3 Å². The summed E-state index contributed by atoms with van der Waals surface area (Å²) >= 11 is 1.06. The number of rotatable bonds is 2. The number of nitrogens with zero attached hydrogens (tertiary/aromatic N) is 4. The van der Waals surface area contributed by atoms with Gasteiger partial charge in [0.2, 0.25) is 0 Å². The van der Waals surface area contributed by atoms with Crippen molar-refractivity contribution in [1.82, 2.24) is 13.6 Å². The number of fused-ring (bicyclic) bond motifs is 1. The van der Waals surface area contributed by atoms with Crippen molar-refractivity contribution in [3.05, 3.63) is 41.7 Å². The van der Waals surface area contributed by atoms with Gasteiger partial charge in [-0.15, -0.1) is 0 Å². The largest absolute Gasteiger partial charge is 0.305 e. The van der Waals surface area contributed by atoms with E-state index in [4.69, 9.17) is 0 Å². The molecule has 1 aliphatic heterocycles. The highest BCUT2D eigenvalue weighted by Gasteiger charge is 2.30. The average Bonchev–Trinajstić information content (AvgIpc) is 2.99. The highest BCUT2D eigenvalue weighted by atomic mass is 32.1. The van der Waals surface area contributed by atoms with Crippen LogP contribution < -0.4 is 4.90 Å². The summed E-state index contributed by atoms with van der Waals surface area (Å²) in [6.07, 6.45) is 2.50. The Labute approximate surface area is 122 Å². The van der Waals surface area contributed by atoms with Crippen LogP contribution in [0.2, 0.25) is 0 Å². The van der Waals surface area contributed by atoms with Crippen molar-refractivity contribution in [2.24, 2.45) is 0 Å². The standard InChI is InChI=1S/C14H16N4OS/c1-17(2)11-7-10-5-3-4-6-13(10)18(9-11)14(19)12-8-15-20-16-12/h3-6,8,11H,7,9H2,1-2H3/t11-/m1/s1. The van der Waals surface area contributed by atoms with E-state index in [1.807, 2.05) is 37.2 Å². The Kier molecular flexibility index (Phi) is 3.50. The van der Waals surface area contributed by atoms with E-state index in [1.165, 1.54) is 11.8 Å². The second kappa shape index (κ2) is 5.30. The summed E-state index contributed by atoms with van der Waals surface area (Å²) in [7, 11) is 4.09. The molecule has 1 aromatic carbocycles. The summed E-state index contributed by atoms with van der Waals surface area (Å²) in [6.45, 7) is 0.681. The van der Waals surface area contributed by atoms with Crippen LogP contribution in [0.4, 0.5) is 5.69 Å². The van der Waals surface area contributed by atoms with Crippen LogP contribution in [0.3, 0.4) is 0 Å². The first kappa shape index (κ1) is 13.2. The third-order valence-electron chi connectivity index (χ3n) is 3.69. The average molecular weight is 288 g/mol. The van der Waals surface area contributed by atoms with E-state index in [9.17, 15) is 4.79 Å². The van der Waals surface area contributed by atoms with Gasteiger partial charge in [-0.3, -0.25) is 4.79 Å². The Morgan fingerprint density at radius 1 is 1.40 bits per heavy atom. The topological polar surface area (TPSA) is 49.3 Å². The molecule has 1 atom stereocenters. The predicted molar refractivity (Wildman–Crippen MR) is 79.2 cm³/mol. The van der Waals surface area contributed by atoms with Gasteiger partial charge in [-0.1, -0.05) is 18.2 Å². The summed E-state index contributed by atoms with van der Waals surface area (Å²) in [6, 6.07) is 8.39. The molecule has 0 saturated heterocycles. The Bertz CT molecular complexity index is 611. The van der Waals surface area contributed by atoms with Crippen molar-refractivity contribution < 1.29 is 4.79 Å². The number of hydrogen-bond acceptors (Lipinski definition) is 5. The molecular weight excluding hydrogens is 272 g/mol. The molecule has 5 nitrogen and oxygen atoms in total. The van der Waals surface area contributed by atoms with Crippen LogP contribution in [0.25, 0.3) is 0 Å². The molecule has 0 bridgehead atoms. The zero-order valence-corrected chi connectivity index (χ0v) is 12.3. The molecular formula is C14H16N4OS. The molecule has 104 valence electrons. The Hall–Kier alpha value is -1.79. The second-order valence-electron chi connectivity index (χ2n) is 5.16. The lowest BCUT2D eigenvalue weighted by Gasteiger charge is -2.37. The van der Waals surface area contributed by atoms with Crippen LogP contribution in [0.15, 0.2) is 30.5 Å². The summed E-state index contributed by atoms with van der Waals surface area (Å²) < 4.78 is 7.98. The van der Waals surface area contributed by atoms with Gasteiger partial charge in [0.15, 0.2) is 5.69 Å². The zero-order valence-electron chi connectivity index (χ0n) is 11.5. The van der Waals surface area contributed by atoms with E-state index in [0.717, 1.165) is 23.8 Å². The highest BCUT2D eigenvalue weighted by Crippen LogP contribution is 2.29. The smallest absolute Gasteiger partial charge is 0.279 e. The van der Waals surface area contributed by atoms with E-state index >= 15 is 0 Å². The summed E-state index contributed by atoms with van der Waals surface area (Å²) in [4.78, 5) is 16.6. The maximum atomic E-state index is 12.6. The molecule has 3 rings (SSSR count). The van der Waals surface area contributed by atoms with Crippen molar-refractivity contribution >= 4 is 23.3 Å². The minimum absolute atomic E-state index is 0.0715. The van der Waals surface area contributed by atoms with Gasteiger partial charge in [0, 0.05) is 18.3 Å². The number of carbonyl (C=O) groups is 1. The second-order valence-corrected chi connectivity index (χ2v) is 5.72. The first-order chi connectivity index (χ1) is 9.66. The number of aromatic nitrogens is 2. The number of para-hydroxylation sites is 1. The van der Waals surface area contributed by atoms with Crippen LogP contribution in [0, 0.1) is 0 Å². The summed E-state index contributed by atoms with van der Waals surface area (Å²) in [5.74, 6) is -0.0715. The van der Waals surface area contributed by atoms with Crippen molar-refractivity contribution in [3.63, 3.8) is 0 Å². The van der Waals surface area contributed by atoms with E-state index < -0.39 is 0 Å². The molecule has 0 N–H and O–H groups in total. The van der Waals surface area contributed by atoms with Gasteiger partial charge in [0.05, 0.1) is 17.9 Å².